The van der Waals surface area contributed by atoms with Crippen molar-refractivity contribution >= 4 is 22.4 Å². The second-order valence-corrected chi connectivity index (χ2v) is 9.05. The van der Waals surface area contributed by atoms with Crippen LogP contribution in [0.15, 0.2) is 36.8 Å². The zero-order valence-electron chi connectivity index (χ0n) is 17.9. The summed E-state index contributed by atoms with van der Waals surface area (Å²) in [6.45, 7) is 6.76. The molecule has 2 aliphatic rings. The third kappa shape index (κ3) is 2.78. The largest absolute Gasteiger partial charge is 0.376 e. The molecular weight excluding hydrogens is 390 g/mol. The van der Waals surface area contributed by atoms with E-state index in [-0.39, 0.29) is 17.6 Å². The SMILES string of the molecule is Cc1nc(N2CCC3(CC2)CO[C@@H](C)C3N)c2nccn2c1-c1ccc2cn[nH]c2c1. The number of benzene rings is 1. The zero-order valence-corrected chi connectivity index (χ0v) is 17.9. The van der Waals surface area contributed by atoms with Gasteiger partial charge < -0.3 is 15.4 Å². The van der Waals surface area contributed by atoms with Crippen LogP contribution in [0.5, 0.6) is 0 Å². The first-order valence-corrected chi connectivity index (χ1v) is 11.0. The fourth-order valence-electron chi connectivity index (χ4n) is 5.37. The highest BCUT2D eigenvalue weighted by Gasteiger charge is 2.47. The number of nitrogens with zero attached hydrogens (tertiary/aromatic N) is 5. The highest BCUT2D eigenvalue weighted by molar-refractivity contribution is 5.84. The maximum Gasteiger partial charge on any atom is 0.180 e. The summed E-state index contributed by atoms with van der Waals surface area (Å²) in [7, 11) is 0. The Balaban J connectivity index is 1.37. The number of aryl methyl sites for hydroxylation is 1. The molecule has 1 unspecified atom stereocenters. The van der Waals surface area contributed by atoms with Crippen LogP contribution in [0.2, 0.25) is 0 Å². The Kier molecular flexibility index (Phi) is 4.10. The van der Waals surface area contributed by atoms with E-state index in [9.17, 15) is 0 Å². The van der Waals surface area contributed by atoms with Gasteiger partial charge in [-0.05, 0) is 32.8 Å². The smallest absolute Gasteiger partial charge is 0.180 e. The quantitative estimate of drug-likeness (QED) is 0.521. The number of nitrogens with one attached hydrogen (secondary N) is 1. The average Bonchev–Trinajstić information content (AvgIpc) is 3.50. The summed E-state index contributed by atoms with van der Waals surface area (Å²) in [5.41, 5.74) is 11.6. The fraction of sp³-hybridized carbons (Fsp3) is 0.435. The maximum atomic E-state index is 6.50. The van der Waals surface area contributed by atoms with Crippen LogP contribution in [0, 0.1) is 12.3 Å². The number of aromatic amines is 1. The standard InChI is InChI=1S/C23H27N7O/c1-14-19(16-3-4-17-12-26-28-18(17)11-16)30-10-7-25-21(30)22(27-14)29-8-5-23(6-9-29)13-31-15(2)20(23)24/h3-4,7,10-12,15,20H,5-6,8-9,13,24H2,1-2H3,(H,26,28)/t15-,20?/m0/s1. The van der Waals surface area contributed by atoms with E-state index in [0.717, 1.165) is 71.9 Å². The number of rotatable bonds is 2. The van der Waals surface area contributed by atoms with Gasteiger partial charge in [0.15, 0.2) is 11.5 Å². The lowest BCUT2D eigenvalue weighted by molar-refractivity contribution is 0.0974. The normalized spacial score (nSPS) is 23.4. The van der Waals surface area contributed by atoms with Gasteiger partial charge in [0.05, 0.1) is 35.8 Å². The molecule has 3 aromatic heterocycles. The van der Waals surface area contributed by atoms with Gasteiger partial charge in [-0.3, -0.25) is 9.50 Å². The lowest BCUT2D eigenvalue weighted by atomic mass is 9.73. The summed E-state index contributed by atoms with van der Waals surface area (Å²) < 4.78 is 8.04. The Morgan fingerprint density at radius 1 is 1.26 bits per heavy atom. The first kappa shape index (κ1) is 18.8. The molecule has 0 amide bonds. The minimum atomic E-state index is 0.0934. The van der Waals surface area contributed by atoms with Crippen molar-refractivity contribution < 1.29 is 4.74 Å². The Hall–Kier alpha value is -2.97. The Morgan fingerprint density at radius 3 is 2.87 bits per heavy atom. The molecule has 0 aliphatic carbocycles. The molecule has 0 bridgehead atoms. The van der Waals surface area contributed by atoms with Crippen LogP contribution in [-0.2, 0) is 4.74 Å². The third-order valence-electron chi connectivity index (χ3n) is 7.32. The van der Waals surface area contributed by atoms with E-state index in [4.69, 9.17) is 15.5 Å². The average molecular weight is 418 g/mol. The molecule has 2 saturated heterocycles. The summed E-state index contributed by atoms with van der Waals surface area (Å²) in [6, 6.07) is 6.44. The Morgan fingerprint density at radius 2 is 2.10 bits per heavy atom. The molecular formula is C23H27N7O. The Bertz CT molecular complexity index is 1270. The number of H-pyrrole nitrogens is 1. The lowest BCUT2D eigenvalue weighted by Crippen LogP contribution is -2.50. The van der Waals surface area contributed by atoms with Crippen molar-refractivity contribution in [2.75, 3.05) is 24.6 Å². The molecule has 2 fully saturated rings. The minimum absolute atomic E-state index is 0.0934. The number of hydrogen-bond donors (Lipinski definition) is 2. The molecule has 4 aromatic rings. The van der Waals surface area contributed by atoms with E-state index in [1.807, 2.05) is 18.6 Å². The molecule has 8 heteroatoms. The van der Waals surface area contributed by atoms with Gasteiger partial charge in [-0.25, -0.2) is 9.97 Å². The van der Waals surface area contributed by atoms with Crippen molar-refractivity contribution in [1.82, 2.24) is 24.6 Å². The number of piperidine rings is 1. The van der Waals surface area contributed by atoms with Gasteiger partial charge in [-0.15, -0.1) is 0 Å². The second kappa shape index (κ2) is 6.77. The van der Waals surface area contributed by atoms with Gasteiger partial charge >= 0.3 is 0 Å². The van der Waals surface area contributed by atoms with E-state index in [0.29, 0.717) is 0 Å². The van der Waals surface area contributed by atoms with E-state index >= 15 is 0 Å². The second-order valence-electron chi connectivity index (χ2n) is 9.05. The first-order chi connectivity index (χ1) is 15.1. The number of imidazole rings is 1. The number of fused-ring (bicyclic) bond motifs is 2. The summed E-state index contributed by atoms with van der Waals surface area (Å²) in [5, 5.41) is 8.30. The van der Waals surface area contributed by atoms with Crippen LogP contribution >= 0.6 is 0 Å². The molecule has 1 spiro atoms. The molecule has 0 saturated carbocycles. The van der Waals surface area contributed by atoms with Gasteiger partial charge in [-0.1, -0.05) is 12.1 Å². The van der Waals surface area contributed by atoms with Gasteiger partial charge in [0.2, 0.25) is 0 Å². The topological polar surface area (TPSA) is 97.4 Å². The van der Waals surface area contributed by atoms with Crippen molar-refractivity contribution in [1.29, 1.82) is 0 Å². The minimum Gasteiger partial charge on any atom is -0.376 e. The zero-order chi connectivity index (χ0) is 21.2. The molecule has 1 aromatic carbocycles. The van der Waals surface area contributed by atoms with E-state index in [1.54, 1.807) is 0 Å². The molecule has 6 rings (SSSR count). The summed E-state index contributed by atoms with van der Waals surface area (Å²) in [6.07, 6.45) is 7.89. The monoisotopic (exact) mass is 417 g/mol. The van der Waals surface area contributed by atoms with Crippen molar-refractivity contribution in [3.8, 4) is 11.3 Å². The molecule has 3 N–H and O–H groups in total. The van der Waals surface area contributed by atoms with Crippen molar-refractivity contribution in [3.63, 3.8) is 0 Å². The van der Waals surface area contributed by atoms with Gasteiger partial charge in [0, 0.05) is 47.9 Å². The predicted molar refractivity (Wildman–Crippen MR) is 120 cm³/mol. The third-order valence-corrected chi connectivity index (χ3v) is 7.32. The van der Waals surface area contributed by atoms with E-state index < -0.39 is 0 Å². The summed E-state index contributed by atoms with van der Waals surface area (Å²) in [4.78, 5) is 12.1. The molecule has 8 nitrogen and oxygen atoms in total. The molecule has 0 radical (unpaired) electrons. The van der Waals surface area contributed by atoms with Crippen molar-refractivity contribution in [2.45, 2.75) is 38.8 Å². The number of anilines is 1. The van der Waals surface area contributed by atoms with Crippen LogP contribution in [0.4, 0.5) is 5.82 Å². The maximum absolute atomic E-state index is 6.50. The number of ether oxygens (including phenoxy) is 1. The van der Waals surface area contributed by atoms with Gasteiger partial charge in [0.25, 0.3) is 0 Å². The Labute approximate surface area is 180 Å². The van der Waals surface area contributed by atoms with Gasteiger partial charge in [0.1, 0.15) is 0 Å². The lowest BCUT2D eigenvalue weighted by Gasteiger charge is -2.41. The highest BCUT2D eigenvalue weighted by Crippen LogP contribution is 2.42. The molecule has 5 heterocycles. The van der Waals surface area contributed by atoms with Crippen LogP contribution < -0.4 is 10.6 Å². The first-order valence-electron chi connectivity index (χ1n) is 11.0. The number of aromatic nitrogens is 5. The van der Waals surface area contributed by atoms with E-state index in [1.165, 1.54) is 0 Å². The van der Waals surface area contributed by atoms with Crippen molar-refractivity contribution in [3.05, 3.63) is 42.5 Å². The van der Waals surface area contributed by atoms with Crippen LogP contribution in [0.3, 0.4) is 0 Å². The fourth-order valence-corrected chi connectivity index (χ4v) is 5.37. The molecule has 2 aliphatic heterocycles. The van der Waals surface area contributed by atoms with Crippen molar-refractivity contribution in [2.24, 2.45) is 11.1 Å². The highest BCUT2D eigenvalue weighted by atomic mass is 16.5. The molecule has 2 atom stereocenters. The summed E-state index contributed by atoms with van der Waals surface area (Å²) in [5.74, 6) is 0.948. The molecule has 31 heavy (non-hydrogen) atoms. The van der Waals surface area contributed by atoms with Crippen LogP contribution in [0.1, 0.15) is 25.5 Å². The van der Waals surface area contributed by atoms with Crippen LogP contribution in [0.25, 0.3) is 27.8 Å². The summed E-state index contributed by atoms with van der Waals surface area (Å²) >= 11 is 0. The van der Waals surface area contributed by atoms with E-state index in [2.05, 4.69) is 56.5 Å². The van der Waals surface area contributed by atoms with Gasteiger partial charge in [-0.2, -0.15) is 5.10 Å². The number of hydrogen-bond acceptors (Lipinski definition) is 6. The van der Waals surface area contributed by atoms with Crippen LogP contribution in [-0.4, -0.2) is 56.4 Å². The predicted octanol–water partition coefficient (Wildman–Crippen LogP) is 2.91. The number of nitrogens with two attached hydrogens (primary N) is 1. The molecule has 160 valence electrons.